The maximum absolute atomic E-state index is 5.84. The van der Waals surface area contributed by atoms with Crippen molar-refractivity contribution in [1.29, 1.82) is 0 Å². The summed E-state index contributed by atoms with van der Waals surface area (Å²) >= 11 is 0. The highest BCUT2D eigenvalue weighted by Gasteiger charge is 2.15. The quantitative estimate of drug-likeness (QED) is 0.607. The molecule has 0 saturated carbocycles. The van der Waals surface area contributed by atoms with Crippen LogP contribution in [0, 0.1) is 6.92 Å². The largest absolute Gasteiger partial charge is 0.362 e. The molecule has 0 fully saturated rings. The van der Waals surface area contributed by atoms with Crippen LogP contribution in [0.15, 0.2) is 12.5 Å². The number of anilines is 1. The summed E-state index contributed by atoms with van der Waals surface area (Å²) < 4.78 is 7.91. The third-order valence-electron chi connectivity index (χ3n) is 3.47. The Morgan fingerprint density at radius 3 is 2.57 bits per heavy atom. The standard InChI is InChI=1S/C15H26N4OSi/c1-12-9-19(11-20-7-8-21(4,5)6)15-13(12)14(18(2)3)16-10-17-15/h9-10H,7-8,11H2,1-6H3. The van der Waals surface area contributed by atoms with E-state index in [9.17, 15) is 0 Å². The summed E-state index contributed by atoms with van der Waals surface area (Å²) in [5.41, 5.74) is 2.13. The van der Waals surface area contributed by atoms with Crippen LogP contribution in [-0.2, 0) is 11.5 Å². The van der Waals surface area contributed by atoms with Gasteiger partial charge in [-0.25, -0.2) is 9.97 Å². The second kappa shape index (κ2) is 6.15. The number of hydrogen-bond donors (Lipinski definition) is 0. The molecule has 5 nitrogen and oxygen atoms in total. The average Bonchev–Trinajstić information content (AvgIpc) is 2.71. The molecular weight excluding hydrogens is 280 g/mol. The Balaban J connectivity index is 2.17. The number of nitrogens with zero attached hydrogens (tertiary/aromatic N) is 4. The summed E-state index contributed by atoms with van der Waals surface area (Å²) in [5, 5.41) is 1.11. The summed E-state index contributed by atoms with van der Waals surface area (Å²) in [6, 6.07) is 1.18. The van der Waals surface area contributed by atoms with E-state index in [4.69, 9.17) is 4.74 Å². The van der Waals surface area contributed by atoms with Crippen LogP contribution in [0.3, 0.4) is 0 Å². The molecule has 0 atom stereocenters. The van der Waals surface area contributed by atoms with Crippen LogP contribution in [-0.4, -0.2) is 43.3 Å². The molecule has 2 aromatic rings. The van der Waals surface area contributed by atoms with Gasteiger partial charge in [0.2, 0.25) is 0 Å². The number of fused-ring (bicyclic) bond motifs is 1. The molecule has 2 rings (SSSR count). The van der Waals surface area contributed by atoms with Crippen molar-refractivity contribution in [3.63, 3.8) is 0 Å². The van der Waals surface area contributed by atoms with E-state index in [0.29, 0.717) is 6.73 Å². The smallest absolute Gasteiger partial charge is 0.147 e. The Morgan fingerprint density at radius 2 is 1.95 bits per heavy atom. The first-order valence-electron chi connectivity index (χ1n) is 7.35. The summed E-state index contributed by atoms with van der Waals surface area (Å²) in [5.74, 6) is 0.957. The van der Waals surface area contributed by atoms with Crippen molar-refractivity contribution in [3.05, 3.63) is 18.1 Å². The highest BCUT2D eigenvalue weighted by atomic mass is 28.3. The lowest BCUT2D eigenvalue weighted by atomic mass is 10.2. The highest BCUT2D eigenvalue weighted by molar-refractivity contribution is 6.76. The van der Waals surface area contributed by atoms with Crippen molar-refractivity contribution in [2.75, 3.05) is 25.6 Å². The molecule has 0 spiro atoms. The molecule has 0 radical (unpaired) electrons. The third kappa shape index (κ3) is 3.82. The van der Waals surface area contributed by atoms with E-state index < -0.39 is 8.07 Å². The van der Waals surface area contributed by atoms with Gasteiger partial charge in [0.25, 0.3) is 0 Å². The van der Waals surface area contributed by atoms with Crippen LogP contribution in [0.2, 0.25) is 25.7 Å². The van der Waals surface area contributed by atoms with Gasteiger partial charge in [0, 0.05) is 35.0 Å². The van der Waals surface area contributed by atoms with Gasteiger partial charge in [0.05, 0.1) is 5.39 Å². The van der Waals surface area contributed by atoms with Gasteiger partial charge in [0.15, 0.2) is 0 Å². The molecular formula is C15H26N4OSi. The molecule has 0 N–H and O–H groups in total. The van der Waals surface area contributed by atoms with Crippen LogP contribution < -0.4 is 4.90 Å². The SMILES string of the molecule is Cc1cn(COCC[Si](C)(C)C)c2ncnc(N(C)C)c12. The minimum Gasteiger partial charge on any atom is -0.362 e. The van der Waals surface area contributed by atoms with Gasteiger partial charge in [-0.2, -0.15) is 0 Å². The van der Waals surface area contributed by atoms with Crippen LogP contribution >= 0.6 is 0 Å². The Morgan fingerprint density at radius 1 is 1.24 bits per heavy atom. The van der Waals surface area contributed by atoms with Crippen LogP contribution in [0.4, 0.5) is 5.82 Å². The molecule has 6 heteroatoms. The van der Waals surface area contributed by atoms with Crippen molar-refractivity contribution >= 4 is 24.9 Å². The zero-order chi connectivity index (χ0) is 15.6. The number of hydrogen-bond acceptors (Lipinski definition) is 4. The highest BCUT2D eigenvalue weighted by Crippen LogP contribution is 2.26. The molecule has 116 valence electrons. The Bertz CT molecular complexity index is 616. The second-order valence-electron chi connectivity index (χ2n) is 6.92. The van der Waals surface area contributed by atoms with E-state index in [0.717, 1.165) is 23.5 Å². The van der Waals surface area contributed by atoms with E-state index in [2.05, 4.69) is 47.3 Å². The Kier molecular flexibility index (Phi) is 4.68. The number of rotatable bonds is 6. The topological polar surface area (TPSA) is 43.2 Å². The van der Waals surface area contributed by atoms with Gasteiger partial charge in [-0.15, -0.1) is 0 Å². The summed E-state index contributed by atoms with van der Waals surface area (Å²) in [4.78, 5) is 10.8. The fraction of sp³-hybridized carbons (Fsp3) is 0.600. The van der Waals surface area contributed by atoms with E-state index in [1.54, 1.807) is 6.33 Å². The monoisotopic (exact) mass is 306 g/mol. The van der Waals surface area contributed by atoms with Crippen molar-refractivity contribution in [2.45, 2.75) is 39.3 Å². The van der Waals surface area contributed by atoms with Crippen molar-refractivity contribution in [3.8, 4) is 0 Å². The number of ether oxygens (including phenoxy) is 1. The Labute approximate surface area is 128 Å². The van der Waals surface area contributed by atoms with Crippen molar-refractivity contribution < 1.29 is 4.74 Å². The predicted octanol–water partition coefficient (Wildman–Crippen LogP) is 3.12. The maximum Gasteiger partial charge on any atom is 0.147 e. The molecule has 2 heterocycles. The molecule has 0 aromatic carbocycles. The van der Waals surface area contributed by atoms with Gasteiger partial charge >= 0.3 is 0 Å². The zero-order valence-electron chi connectivity index (χ0n) is 14.0. The summed E-state index contributed by atoms with van der Waals surface area (Å²) in [6.07, 6.45) is 3.72. The molecule has 21 heavy (non-hydrogen) atoms. The minimum absolute atomic E-state index is 0.554. The van der Waals surface area contributed by atoms with Gasteiger partial charge in [-0.05, 0) is 18.5 Å². The molecule has 0 aliphatic carbocycles. The van der Waals surface area contributed by atoms with E-state index in [-0.39, 0.29) is 0 Å². The first-order chi connectivity index (χ1) is 9.79. The van der Waals surface area contributed by atoms with Crippen molar-refractivity contribution in [2.24, 2.45) is 0 Å². The third-order valence-corrected chi connectivity index (χ3v) is 5.18. The predicted molar refractivity (Wildman–Crippen MR) is 90.7 cm³/mol. The second-order valence-corrected chi connectivity index (χ2v) is 12.5. The number of aryl methyl sites for hydroxylation is 1. The van der Waals surface area contributed by atoms with Crippen LogP contribution in [0.5, 0.6) is 0 Å². The summed E-state index contributed by atoms with van der Waals surface area (Å²) in [7, 11) is 2.97. The lowest BCUT2D eigenvalue weighted by Crippen LogP contribution is -2.22. The van der Waals surface area contributed by atoms with Gasteiger partial charge in [-0.1, -0.05) is 19.6 Å². The Hall–Kier alpha value is -1.40. The normalized spacial score (nSPS) is 12.1. The average molecular weight is 306 g/mol. The summed E-state index contributed by atoms with van der Waals surface area (Å²) in [6.45, 7) is 10.6. The fourth-order valence-electron chi connectivity index (χ4n) is 2.28. The lowest BCUT2D eigenvalue weighted by molar-refractivity contribution is 0.0898. The fourth-order valence-corrected chi connectivity index (χ4v) is 3.03. The van der Waals surface area contributed by atoms with E-state index in [1.807, 2.05) is 19.0 Å². The molecule has 0 unspecified atom stereocenters. The lowest BCUT2D eigenvalue weighted by Gasteiger charge is -2.16. The van der Waals surface area contributed by atoms with E-state index >= 15 is 0 Å². The van der Waals surface area contributed by atoms with Crippen molar-refractivity contribution in [1.82, 2.24) is 14.5 Å². The molecule has 0 amide bonds. The molecule has 0 aliphatic heterocycles. The van der Waals surface area contributed by atoms with Gasteiger partial charge in [0.1, 0.15) is 24.5 Å². The van der Waals surface area contributed by atoms with Crippen LogP contribution in [0.25, 0.3) is 11.0 Å². The minimum atomic E-state index is -1.03. The molecule has 2 aromatic heterocycles. The van der Waals surface area contributed by atoms with Gasteiger partial charge < -0.3 is 14.2 Å². The van der Waals surface area contributed by atoms with Gasteiger partial charge in [-0.3, -0.25) is 0 Å². The zero-order valence-corrected chi connectivity index (χ0v) is 15.0. The van der Waals surface area contributed by atoms with E-state index in [1.165, 1.54) is 11.6 Å². The first kappa shape index (κ1) is 16.0. The first-order valence-corrected chi connectivity index (χ1v) is 11.1. The molecule has 0 aliphatic rings. The molecule has 0 bridgehead atoms. The number of aromatic nitrogens is 3. The molecule has 0 saturated heterocycles. The maximum atomic E-state index is 5.84. The van der Waals surface area contributed by atoms with Crippen LogP contribution in [0.1, 0.15) is 5.56 Å².